The zero-order valence-corrected chi connectivity index (χ0v) is 14.4. The van der Waals surface area contributed by atoms with E-state index >= 15 is 0 Å². The van der Waals surface area contributed by atoms with Crippen LogP contribution in [0.3, 0.4) is 0 Å². The fourth-order valence-electron chi connectivity index (χ4n) is 3.30. The van der Waals surface area contributed by atoms with Crippen LogP contribution in [0.4, 0.5) is 0 Å². The van der Waals surface area contributed by atoms with Crippen LogP contribution in [0, 0.1) is 0 Å². The molecule has 4 rings (SSSR count). The first-order chi connectivity index (χ1) is 12.4. The highest BCUT2D eigenvalue weighted by molar-refractivity contribution is 5.99. The van der Waals surface area contributed by atoms with Gasteiger partial charge in [0.25, 0.3) is 0 Å². The van der Waals surface area contributed by atoms with Crippen molar-refractivity contribution >= 4 is 11.9 Å². The second kappa shape index (κ2) is 5.94. The lowest BCUT2D eigenvalue weighted by atomic mass is 9.83. The van der Waals surface area contributed by atoms with E-state index in [1.807, 2.05) is 12.1 Å². The smallest absolute Gasteiger partial charge is 0.337 e. The van der Waals surface area contributed by atoms with E-state index in [2.05, 4.69) is 15.3 Å². The van der Waals surface area contributed by atoms with E-state index < -0.39 is 11.6 Å². The summed E-state index contributed by atoms with van der Waals surface area (Å²) in [5, 5.41) is 2.80. The maximum absolute atomic E-state index is 12.4. The molecule has 0 saturated heterocycles. The highest BCUT2D eigenvalue weighted by Crippen LogP contribution is 2.43. The van der Waals surface area contributed by atoms with Gasteiger partial charge in [-0.2, -0.15) is 0 Å². The fourth-order valence-corrected chi connectivity index (χ4v) is 3.30. The number of nitrogens with one attached hydrogen (secondary N) is 1. The lowest BCUT2D eigenvalue weighted by molar-refractivity contribution is -0.144. The fraction of sp³-hybridized carbons (Fsp3) is 0.263. The van der Waals surface area contributed by atoms with Crippen LogP contribution in [0.2, 0.25) is 0 Å². The van der Waals surface area contributed by atoms with Gasteiger partial charge in [-0.25, -0.2) is 14.8 Å². The molecule has 132 valence electrons. The van der Waals surface area contributed by atoms with Gasteiger partial charge in [-0.1, -0.05) is 12.1 Å². The Kier molecular flexibility index (Phi) is 3.72. The molecule has 7 nitrogen and oxygen atoms in total. The predicted octanol–water partition coefficient (Wildman–Crippen LogP) is 2.46. The number of esters is 1. The molecule has 2 aromatic rings. The van der Waals surface area contributed by atoms with E-state index in [1.165, 1.54) is 0 Å². The van der Waals surface area contributed by atoms with Gasteiger partial charge in [0.05, 0.1) is 11.3 Å². The number of carbonyl (C=O) groups excluding carboxylic acids is 2. The number of hydrogen-bond donors (Lipinski definition) is 1. The van der Waals surface area contributed by atoms with Gasteiger partial charge in [0.2, 0.25) is 5.91 Å². The minimum absolute atomic E-state index is 0.141. The van der Waals surface area contributed by atoms with Crippen LogP contribution in [0.25, 0.3) is 0 Å². The largest absolute Gasteiger partial charge is 0.450 e. The average Bonchev–Trinajstić information content (AvgIpc) is 2.84. The van der Waals surface area contributed by atoms with Crippen molar-refractivity contribution in [1.29, 1.82) is 0 Å². The molecule has 1 atom stereocenters. The SMILES string of the molecule is CC1(C)OC(=O)C2=C1NC(=O)C[C@H]2c1cccc(Oc2ncccn2)c1. The number of ether oxygens (including phenoxy) is 2. The first-order valence-corrected chi connectivity index (χ1v) is 8.27. The first-order valence-electron chi connectivity index (χ1n) is 8.27. The summed E-state index contributed by atoms with van der Waals surface area (Å²) in [5.74, 6) is -0.383. The number of cyclic esters (lactones) is 1. The molecule has 3 heterocycles. The second-order valence-corrected chi connectivity index (χ2v) is 6.70. The average molecular weight is 351 g/mol. The number of hydrogen-bond acceptors (Lipinski definition) is 6. The number of aromatic nitrogens is 2. The van der Waals surface area contributed by atoms with Crippen LogP contribution in [-0.2, 0) is 14.3 Å². The number of benzene rings is 1. The van der Waals surface area contributed by atoms with Crippen LogP contribution in [0.1, 0.15) is 31.7 Å². The van der Waals surface area contributed by atoms with Crippen molar-refractivity contribution in [2.45, 2.75) is 31.8 Å². The third kappa shape index (κ3) is 2.81. The normalized spacial score (nSPS) is 21.1. The molecule has 2 aliphatic rings. The molecule has 2 aliphatic heterocycles. The van der Waals surface area contributed by atoms with Crippen LogP contribution in [0.15, 0.2) is 54.0 Å². The second-order valence-electron chi connectivity index (χ2n) is 6.70. The van der Waals surface area contributed by atoms with Gasteiger partial charge in [0.1, 0.15) is 11.4 Å². The van der Waals surface area contributed by atoms with E-state index in [-0.39, 0.29) is 24.3 Å². The summed E-state index contributed by atoms with van der Waals surface area (Å²) in [4.78, 5) is 32.7. The summed E-state index contributed by atoms with van der Waals surface area (Å²) in [6, 6.07) is 9.17. The molecular formula is C19H17N3O4. The van der Waals surface area contributed by atoms with E-state index in [4.69, 9.17) is 9.47 Å². The van der Waals surface area contributed by atoms with Crippen molar-refractivity contribution < 1.29 is 19.1 Å². The molecule has 7 heteroatoms. The van der Waals surface area contributed by atoms with Crippen molar-refractivity contribution in [3.8, 4) is 11.8 Å². The Morgan fingerprint density at radius 1 is 1.19 bits per heavy atom. The Morgan fingerprint density at radius 2 is 1.96 bits per heavy atom. The van der Waals surface area contributed by atoms with Crippen molar-refractivity contribution in [2.24, 2.45) is 0 Å². The molecule has 0 bridgehead atoms. The molecular weight excluding hydrogens is 334 g/mol. The maximum atomic E-state index is 12.4. The van der Waals surface area contributed by atoms with Gasteiger partial charge in [0.15, 0.2) is 0 Å². The van der Waals surface area contributed by atoms with E-state index in [9.17, 15) is 9.59 Å². The molecule has 1 aromatic heterocycles. The highest BCUT2D eigenvalue weighted by Gasteiger charge is 2.47. The van der Waals surface area contributed by atoms with Crippen molar-refractivity contribution in [3.63, 3.8) is 0 Å². The molecule has 0 radical (unpaired) electrons. The lowest BCUT2D eigenvalue weighted by Gasteiger charge is -2.27. The summed E-state index contributed by atoms with van der Waals surface area (Å²) in [6.45, 7) is 3.53. The Labute approximate surface area is 150 Å². The lowest BCUT2D eigenvalue weighted by Crippen LogP contribution is -2.38. The number of carbonyl (C=O) groups is 2. The molecule has 0 aliphatic carbocycles. The highest BCUT2D eigenvalue weighted by atomic mass is 16.6. The van der Waals surface area contributed by atoms with Gasteiger partial charge in [-0.15, -0.1) is 0 Å². The van der Waals surface area contributed by atoms with Crippen molar-refractivity contribution in [3.05, 3.63) is 59.6 Å². The maximum Gasteiger partial charge on any atom is 0.337 e. The topological polar surface area (TPSA) is 90.4 Å². The Hall–Kier alpha value is -3.22. The quantitative estimate of drug-likeness (QED) is 0.854. The van der Waals surface area contributed by atoms with E-state index in [1.54, 1.807) is 44.4 Å². The summed E-state index contributed by atoms with van der Waals surface area (Å²) >= 11 is 0. The molecule has 26 heavy (non-hydrogen) atoms. The number of rotatable bonds is 3. The predicted molar refractivity (Wildman–Crippen MR) is 91.2 cm³/mol. The van der Waals surface area contributed by atoms with Gasteiger partial charge < -0.3 is 14.8 Å². The number of amides is 1. The molecule has 0 fully saturated rings. The monoisotopic (exact) mass is 351 g/mol. The summed E-state index contributed by atoms with van der Waals surface area (Å²) in [6.07, 6.45) is 3.35. The third-order valence-electron chi connectivity index (χ3n) is 4.45. The molecule has 0 unspecified atom stereocenters. The molecule has 1 N–H and O–H groups in total. The molecule has 1 amide bonds. The van der Waals surface area contributed by atoms with E-state index in [0.717, 1.165) is 5.56 Å². The Balaban J connectivity index is 1.71. The summed E-state index contributed by atoms with van der Waals surface area (Å²) < 4.78 is 11.1. The van der Waals surface area contributed by atoms with Gasteiger partial charge in [-0.05, 0) is 37.6 Å². The summed E-state index contributed by atoms with van der Waals surface area (Å²) in [5.41, 5.74) is 1.01. The van der Waals surface area contributed by atoms with Gasteiger partial charge >= 0.3 is 12.0 Å². The van der Waals surface area contributed by atoms with Crippen LogP contribution < -0.4 is 10.1 Å². The standard InChI is InChI=1S/C19H17N3O4/c1-19(2)16-15(17(24)26-19)13(10-14(23)22-16)11-5-3-6-12(9-11)25-18-20-7-4-8-21-18/h3-9,13H,10H2,1-2H3,(H,22,23)/t13-/m0/s1. The summed E-state index contributed by atoms with van der Waals surface area (Å²) in [7, 11) is 0. The zero-order chi connectivity index (χ0) is 18.3. The van der Waals surface area contributed by atoms with Crippen LogP contribution >= 0.6 is 0 Å². The van der Waals surface area contributed by atoms with Crippen molar-refractivity contribution in [2.75, 3.05) is 0 Å². The van der Waals surface area contributed by atoms with Crippen molar-refractivity contribution in [1.82, 2.24) is 15.3 Å². The minimum Gasteiger partial charge on any atom is -0.450 e. The Bertz CT molecular complexity index is 921. The number of nitrogens with zero attached hydrogens (tertiary/aromatic N) is 2. The van der Waals surface area contributed by atoms with Crippen LogP contribution in [0.5, 0.6) is 11.8 Å². The first kappa shape index (κ1) is 16.3. The molecule has 0 saturated carbocycles. The molecule has 1 aromatic carbocycles. The van der Waals surface area contributed by atoms with Gasteiger partial charge in [0, 0.05) is 24.7 Å². The zero-order valence-electron chi connectivity index (χ0n) is 14.4. The van der Waals surface area contributed by atoms with Crippen LogP contribution in [-0.4, -0.2) is 27.4 Å². The molecule has 0 spiro atoms. The third-order valence-corrected chi connectivity index (χ3v) is 4.45. The minimum atomic E-state index is -0.841. The Morgan fingerprint density at radius 3 is 2.73 bits per heavy atom. The van der Waals surface area contributed by atoms with E-state index in [0.29, 0.717) is 17.0 Å². The van der Waals surface area contributed by atoms with Gasteiger partial charge in [-0.3, -0.25) is 4.79 Å².